The lowest BCUT2D eigenvalue weighted by molar-refractivity contribution is -0.125. The van der Waals surface area contributed by atoms with Crippen LogP contribution < -0.4 is 25.6 Å². The third kappa shape index (κ3) is 4.79. The number of carbonyl (C=O) groups is 3. The monoisotopic (exact) mass is 545 g/mol. The van der Waals surface area contributed by atoms with E-state index in [1.807, 2.05) is 60.4 Å². The smallest absolute Gasteiger partial charge is 0.326 e. The number of hydrogen-bond donors (Lipinski definition) is 3. The van der Waals surface area contributed by atoms with Gasteiger partial charge in [0.15, 0.2) is 0 Å². The zero-order valence-electron chi connectivity index (χ0n) is 21.7. The Morgan fingerprint density at radius 2 is 1.97 bits per heavy atom. The summed E-state index contributed by atoms with van der Waals surface area (Å²) in [5.74, 6) is 1.10. The second-order valence-electron chi connectivity index (χ2n) is 10.2. The van der Waals surface area contributed by atoms with Crippen molar-refractivity contribution >= 4 is 35.3 Å². The average Bonchev–Trinajstić information content (AvgIpc) is 3.55. The van der Waals surface area contributed by atoms with Crippen LogP contribution in [0.3, 0.4) is 0 Å². The van der Waals surface area contributed by atoms with Crippen molar-refractivity contribution in [3.05, 3.63) is 77.4 Å². The molecule has 4 heterocycles. The quantitative estimate of drug-likeness (QED) is 0.481. The van der Waals surface area contributed by atoms with Crippen LogP contribution in [0.5, 0.6) is 11.5 Å². The van der Waals surface area contributed by atoms with Crippen LogP contribution in [0.25, 0.3) is 0 Å². The zero-order valence-corrected chi connectivity index (χ0v) is 22.5. The van der Waals surface area contributed by atoms with Crippen LogP contribution in [0.4, 0.5) is 10.5 Å². The highest BCUT2D eigenvalue weighted by Crippen LogP contribution is 2.48. The summed E-state index contributed by atoms with van der Waals surface area (Å²) in [6, 6.07) is 14.9. The molecule has 3 saturated heterocycles. The minimum absolute atomic E-state index is 0.00832. The number of likely N-dealkylation sites (tertiary alicyclic amines) is 1. The number of ether oxygens (including phenoxy) is 1. The van der Waals surface area contributed by atoms with Gasteiger partial charge in [0.1, 0.15) is 11.5 Å². The highest BCUT2D eigenvalue weighted by Gasteiger charge is 2.52. The summed E-state index contributed by atoms with van der Waals surface area (Å²) in [7, 11) is 0. The van der Waals surface area contributed by atoms with E-state index in [2.05, 4.69) is 22.5 Å². The normalized spacial score (nSPS) is 25.7. The second-order valence-corrected chi connectivity index (χ2v) is 11.4. The summed E-state index contributed by atoms with van der Waals surface area (Å²) in [4.78, 5) is 43.0. The Morgan fingerprint density at radius 3 is 2.74 bits per heavy atom. The molecule has 9 nitrogen and oxygen atoms in total. The lowest BCUT2D eigenvalue weighted by atomic mass is 9.86. The Kier molecular flexibility index (Phi) is 6.82. The number of para-hydroxylation sites is 1. The molecule has 4 aliphatic heterocycles. The number of thioether (sulfide) groups is 1. The van der Waals surface area contributed by atoms with Crippen LogP contribution in [0.1, 0.15) is 18.4 Å². The van der Waals surface area contributed by atoms with Crippen molar-refractivity contribution in [3.8, 4) is 11.5 Å². The van der Waals surface area contributed by atoms with Gasteiger partial charge in [0, 0.05) is 36.4 Å². The van der Waals surface area contributed by atoms with Gasteiger partial charge in [0.2, 0.25) is 5.91 Å². The molecule has 39 heavy (non-hydrogen) atoms. The first-order chi connectivity index (χ1) is 18.9. The Labute approximate surface area is 231 Å². The molecule has 0 radical (unpaired) electrons. The van der Waals surface area contributed by atoms with Gasteiger partial charge < -0.3 is 25.6 Å². The Bertz CT molecular complexity index is 1360. The van der Waals surface area contributed by atoms with Gasteiger partial charge in [-0.1, -0.05) is 36.5 Å². The van der Waals surface area contributed by atoms with Crippen LogP contribution in [-0.4, -0.2) is 59.8 Å². The van der Waals surface area contributed by atoms with E-state index in [1.54, 1.807) is 4.90 Å². The third-order valence-electron chi connectivity index (χ3n) is 7.76. The van der Waals surface area contributed by atoms with E-state index < -0.39 is 0 Å². The third-order valence-corrected chi connectivity index (χ3v) is 9.12. The number of rotatable bonds is 6. The second kappa shape index (κ2) is 10.4. The van der Waals surface area contributed by atoms with E-state index in [0.717, 1.165) is 30.0 Å². The number of benzene rings is 2. The Hall–Kier alpha value is -3.76. The predicted octanol–water partition coefficient (Wildman–Crippen LogP) is 3.48. The highest BCUT2D eigenvalue weighted by atomic mass is 32.2. The molecule has 0 saturated carbocycles. The number of nitrogens with one attached hydrogen (secondary N) is 3. The van der Waals surface area contributed by atoms with Gasteiger partial charge in [-0.3, -0.25) is 14.5 Å². The topological polar surface area (TPSA) is 103 Å². The molecule has 0 spiro atoms. The molecule has 0 bridgehead atoms. The fraction of sp³-hybridized carbons (Fsp3) is 0.345. The van der Waals surface area contributed by atoms with Crippen LogP contribution in [-0.2, 0) is 9.59 Å². The van der Waals surface area contributed by atoms with Gasteiger partial charge in [-0.05, 0) is 68.3 Å². The van der Waals surface area contributed by atoms with E-state index in [1.165, 1.54) is 17.8 Å². The lowest BCUT2D eigenvalue weighted by Crippen LogP contribution is -2.62. The lowest BCUT2D eigenvalue weighted by Gasteiger charge is -2.46. The number of urea groups is 1. The number of nitrogens with zero attached hydrogens (tertiary/aromatic N) is 2. The fourth-order valence-electron chi connectivity index (χ4n) is 5.95. The molecule has 6 rings (SSSR count). The number of hydrogen-bond acceptors (Lipinski definition) is 6. The summed E-state index contributed by atoms with van der Waals surface area (Å²) in [5, 5.41) is 9.68. The van der Waals surface area contributed by atoms with Crippen molar-refractivity contribution in [2.24, 2.45) is 5.92 Å². The van der Waals surface area contributed by atoms with E-state index in [-0.39, 0.29) is 41.2 Å². The van der Waals surface area contributed by atoms with Crippen molar-refractivity contribution in [2.45, 2.75) is 37.2 Å². The van der Waals surface area contributed by atoms with Crippen molar-refractivity contribution in [2.75, 3.05) is 24.5 Å². The molecule has 4 amide bonds. The van der Waals surface area contributed by atoms with Crippen LogP contribution >= 0.6 is 11.8 Å². The maximum absolute atomic E-state index is 13.6. The number of anilines is 1. The molecule has 2 aromatic carbocycles. The van der Waals surface area contributed by atoms with E-state index >= 15 is 0 Å². The molecular weight excluding hydrogens is 514 g/mol. The summed E-state index contributed by atoms with van der Waals surface area (Å²) in [6.45, 7) is 7.32. The first kappa shape index (κ1) is 25.5. The molecule has 202 valence electrons. The van der Waals surface area contributed by atoms with E-state index in [0.29, 0.717) is 35.9 Å². The van der Waals surface area contributed by atoms with Crippen LogP contribution in [0.2, 0.25) is 0 Å². The maximum Gasteiger partial charge on any atom is 0.326 e. The van der Waals surface area contributed by atoms with E-state index in [4.69, 9.17) is 4.74 Å². The number of piperidine rings is 1. The molecule has 10 heteroatoms. The van der Waals surface area contributed by atoms with Gasteiger partial charge in [-0.25, -0.2) is 4.79 Å². The van der Waals surface area contributed by atoms with Gasteiger partial charge in [0.25, 0.3) is 5.91 Å². The van der Waals surface area contributed by atoms with Crippen molar-refractivity contribution in [3.63, 3.8) is 0 Å². The predicted molar refractivity (Wildman–Crippen MR) is 150 cm³/mol. The fourth-order valence-corrected chi connectivity index (χ4v) is 7.35. The highest BCUT2D eigenvalue weighted by molar-refractivity contribution is 8.04. The van der Waals surface area contributed by atoms with Crippen molar-refractivity contribution < 1.29 is 19.1 Å². The molecule has 3 fully saturated rings. The first-order valence-electron chi connectivity index (χ1n) is 13.2. The summed E-state index contributed by atoms with van der Waals surface area (Å²) in [5.41, 5.74) is 2.46. The van der Waals surface area contributed by atoms with Gasteiger partial charge >= 0.3 is 6.03 Å². The van der Waals surface area contributed by atoms with Crippen LogP contribution in [0.15, 0.2) is 71.8 Å². The number of carbonyl (C=O) groups excluding carboxylic acids is 3. The van der Waals surface area contributed by atoms with Gasteiger partial charge in [-0.15, -0.1) is 0 Å². The van der Waals surface area contributed by atoms with E-state index in [9.17, 15) is 14.4 Å². The van der Waals surface area contributed by atoms with Gasteiger partial charge in [0.05, 0.1) is 16.3 Å². The number of aryl methyl sites for hydroxylation is 1. The average molecular weight is 546 g/mol. The minimum Gasteiger partial charge on any atom is -0.457 e. The molecule has 2 aromatic rings. The molecule has 0 aromatic heterocycles. The minimum atomic E-state index is -0.233. The maximum atomic E-state index is 13.6. The molecule has 3 unspecified atom stereocenters. The van der Waals surface area contributed by atoms with Crippen molar-refractivity contribution in [1.82, 2.24) is 20.9 Å². The van der Waals surface area contributed by atoms with Crippen LogP contribution in [0, 0.1) is 12.8 Å². The zero-order chi connectivity index (χ0) is 27.1. The molecule has 4 aliphatic rings. The standard InChI is InChI=1S/C29H31N5O4S/c1-3-23(35)33-14-12-18(16-33)31-27(36)26-25-24-22(11-13-30-28(24)39-26)34(29(37)32-25)21-10-9-20(15-17(21)2)38-19-7-5-4-6-8-19/h3-10,15,18,22,24,28,30H,1,11-14,16H2,2H3,(H,31,36)(H,32,37)/t18-,22?,24?,28?/m1/s1. The Morgan fingerprint density at radius 1 is 1.15 bits per heavy atom. The summed E-state index contributed by atoms with van der Waals surface area (Å²) >= 11 is 1.48. The largest absolute Gasteiger partial charge is 0.457 e. The molecular formula is C29H31N5O4S. The SMILES string of the molecule is C=CC(=O)N1CC[C@@H](NC(=O)C2=C3NC(=O)N(c4ccc(Oc5ccccc5)cc4C)C4CCNC(S2)C34)C1. The van der Waals surface area contributed by atoms with Crippen molar-refractivity contribution in [1.29, 1.82) is 0 Å². The first-order valence-corrected chi connectivity index (χ1v) is 14.1. The summed E-state index contributed by atoms with van der Waals surface area (Å²) < 4.78 is 5.99. The summed E-state index contributed by atoms with van der Waals surface area (Å²) in [6.07, 6.45) is 2.76. The molecule has 0 aliphatic carbocycles. The molecule has 3 N–H and O–H groups in total. The van der Waals surface area contributed by atoms with Gasteiger partial charge in [-0.2, -0.15) is 0 Å². The molecule has 4 atom stereocenters. The number of amides is 4. The Balaban J connectivity index is 1.22.